The molecule has 92 valence electrons. The van der Waals surface area contributed by atoms with E-state index in [2.05, 4.69) is 5.10 Å². The predicted octanol–water partition coefficient (Wildman–Crippen LogP) is 1.61. The second-order valence-corrected chi connectivity index (χ2v) is 3.93. The molecule has 2 aromatic rings. The molecule has 0 aliphatic rings. The van der Waals surface area contributed by atoms with Gasteiger partial charge in [-0.15, -0.1) is 0 Å². The van der Waals surface area contributed by atoms with E-state index < -0.39 is 6.10 Å². The van der Waals surface area contributed by atoms with E-state index in [1.807, 2.05) is 13.0 Å². The minimum absolute atomic E-state index is 0.413. The molecule has 0 amide bonds. The van der Waals surface area contributed by atoms with E-state index in [-0.39, 0.29) is 0 Å². The predicted molar refractivity (Wildman–Crippen MR) is 61.9 cm³/mol. The second kappa shape index (κ2) is 4.63. The second-order valence-electron chi connectivity index (χ2n) is 3.93. The molecular formula is C12H16N2O3. The maximum Gasteiger partial charge on any atom is 0.217 e. The summed E-state index contributed by atoms with van der Waals surface area (Å²) in [4.78, 5) is 0. The Bertz CT molecular complexity index is 488. The van der Waals surface area contributed by atoms with E-state index in [1.54, 1.807) is 31.2 Å². The summed E-state index contributed by atoms with van der Waals surface area (Å²) in [6.07, 6.45) is 1.33. The van der Waals surface area contributed by atoms with Gasteiger partial charge >= 0.3 is 0 Å². The van der Waals surface area contributed by atoms with E-state index in [4.69, 9.17) is 9.15 Å². The lowest BCUT2D eigenvalue weighted by molar-refractivity contribution is 0.165. The molecule has 1 unspecified atom stereocenters. The van der Waals surface area contributed by atoms with Gasteiger partial charge < -0.3 is 14.3 Å². The van der Waals surface area contributed by atoms with Crippen LogP contribution in [0.3, 0.4) is 0 Å². The molecule has 1 atom stereocenters. The summed E-state index contributed by atoms with van der Waals surface area (Å²) >= 11 is 0. The Morgan fingerprint density at radius 3 is 2.94 bits per heavy atom. The summed E-state index contributed by atoms with van der Waals surface area (Å²) in [6, 6.07) is 3.64. The van der Waals surface area contributed by atoms with Gasteiger partial charge in [0.1, 0.15) is 5.76 Å². The van der Waals surface area contributed by atoms with E-state index >= 15 is 0 Å². The van der Waals surface area contributed by atoms with Crippen molar-refractivity contribution in [3.63, 3.8) is 0 Å². The number of methoxy groups -OCH3 is 1. The number of aromatic nitrogens is 2. The standard InChI is InChI=1S/C12H16N2O3/c1-8-11(12(16-3)14(2)13-8)10(15)7-9-5-4-6-17-9/h4-6,10,15H,7H2,1-3H3. The molecule has 0 aromatic carbocycles. The Kier molecular flexibility index (Phi) is 3.19. The molecule has 0 spiro atoms. The van der Waals surface area contributed by atoms with Gasteiger partial charge in [-0.3, -0.25) is 0 Å². The molecule has 0 saturated heterocycles. The van der Waals surface area contributed by atoms with Gasteiger partial charge in [0.25, 0.3) is 0 Å². The van der Waals surface area contributed by atoms with Crippen LogP contribution in [0.1, 0.15) is 23.1 Å². The zero-order chi connectivity index (χ0) is 12.4. The summed E-state index contributed by atoms with van der Waals surface area (Å²) in [5.41, 5.74) is 1.48. The van der Waals surface area contributed by atoms with E-state index in [9.17, 15) is 5.11 Å². The Labute approximate surface area is 99.6 Å². The van der Waals surface area contributed by atoms with Crippen LogP contribution in [0.2, 0.25) is 0 Å². The number of aliphatic hydroxyl groups excluding tert-OH is 1. The van der Waals surface area contributed by atoms with Crippen LogP contribution >= 0.6 is 0 Å². The lowest BCUT2D eigenvalue weighted by Gasteiger charge is -2.10. The number of hydrogen-bond acceptors (Lipinski definition) is 4. The molecule has 2 rings (SSSR count). The van der Waals surface area contributed by atoms with Crippen molar-refractivity contribution in [3.8, 4) is 5.88 Å². The minimum atomic E-state index is -0.676. The average molecular weight is 236 g/mol. The van der Waals surface area contributed by atoms with Crippen molar-refractivity contribution in [3.05, 3.63) is 35.4 Å². The van der Waals surface area contributed by atoms with Gasteiger partial charge in [0, 0.05) is 13.5 Å². The van der Waals surface area contributed by atoms with Crippen molar-refractivity contribution in [2.24, 2.45) is 7.05 Å². The summed E-state index contributed by atoms with van der Waals surface area (Å²) in [6.45, 7) is 1.85. The molecule has 0 saturated carbocycles. The van der Waals surface area contributed by atoms with Crippen molar-refractivity contribution < 1.29 is 14.3 Å². The van der Waals surface area contributed by atoms with Gasteiger partial charge in [-0.05, 0) is 19.1 Å². The molecule has 0 bridgehead atoms. The highest BCUT2D eigenvalue weighted by Gasteiger charge is 2.22. The molecule has 1 N–H and O–H groups in total. The van der Waals surface area contributed by atoms with Gasteiger partial charge in [0.15, 0.2) is 0 Å². The zero-order valence-electron chi connectivity index (χ0n) is 10.2. The fourth-order valence-electron chi connectivity index (χ4n) is 2.00. The molecule has 17 heavy (non-hydrogen) atoms. The molecule has 0 aliphatic carbocycles. The van der Waals surface area contributed by atoms with Crippen LogP contribution in [-0.4, -0.2) is 22.0 Å². The van der Waals surface area contributed by atoms with Crippen molar-refractivity contribution in [2.45, 2.75) is 19.4 Å². The van der Waals surface area contributed by atoms with Crippen LogP contribution in [0, 0.1) is 6.92 Å². The highest BCUT2D eigenvalue weighted by atomic mass is 16.5. The van der Waals surface area contributed by atoms with Gasteiger partial charge in [-0.1, -0.05) is 0 Å². The van der Waals surface area contributed by atoms with E-state index in [1.165, 1.54) is 0 Å². The van der Waals surface area contributed by atoms with Crippen LogP contribution in [-0.2, 0) is 13.5 Å². The molecule has 5 heteroatoms. The maximum absolute atomic E-state index is 10.2. The first kappa shape index (κ1) is 11.7. The smallest absolute Gasteiger partial charge is 0.217 e. The summed E-state index contributed by atoms with van der Waals surface area (Å²) in [5.74, 6) is 1.32. The number of furan rings is 1. The maximum atomic E-state index is 10.2. The molecule has 0 aliphatic heterocycles. The van der Waals surface area contributed by atoms with Crippen molar-refractivity contribution in [1.29, 1.82) is 0 Å². The lowest BCUT2D eigenvalue weighted by atomic mass is 10.1. The average Bonchev–Trinajstić information content (AvgIpc) is 2.85. The first-order valence-electron chi connectivity index (χ1n) is 5.41. The van der Waals surface area contributed by atoms with Crippen LogP contribution in [0.25, 0.3) is 0 Å². The Morgan fingerprint density at radius 1 is 1.59 bits per heavy atom. The summed E-state index contributed by atoms with van der Waals surface area (Å²) < 4.78 is 12.1. The van der Waals surface area contributed by atoms with Gasteiger partial charge in [-0.25, -0.2) is 4.68 Å². The highest BCUT2D eigenvalue weighted by molar-refractivity contribution is 5.33. The van der Waals surface area contributed by atoms with Crippen LogP contribution < -0.4 is 4.74 Å². The normalized spacial score (nSPS) is 12.7. The number of nitrogens with zero attached hydrogens (tertiary/aromatic N) is 2. The Balaban J connectivity index is 2.27. The lowest BCUT2D eigenvalue weighted by Crippen LogP contribution is -2.04. The van der Waals surface area contributed by atoms with Gasteiger partial charge in [0.05, 0.1) is 30.7 Å². The number of aryl methyl sites for hydroxylation is 2. The SMILES string of the molecule is COc1c(C(O)Cc2ccco2)c(C)nn1C. The Hall–Kier alpha value is -1.75. The largest absolute Gasteiger partial charge is 0.481 e. The zero-order valence-corrected chi connectivity index (χ0v) is 10.2. The van der Waals surface area contributed by atoms with E-state index in [0.717, 1.165) is 11.5 Å². The number of aliphatic hydroxyl groups is 1. The number of hydrogen-bond donors (Lipinski definition) is 1. The monoisotopic (exact) mass is 236 g/mol. The molecular weight excluding hydrogens is 220 g/mol. The quantitative estimate of drug-likeness (QED) is 0.876. The molecule has 5 nitrogen and oxygen atoms in total. The van der Waals surface area contributed by atoms with Gasteiger partial charge in [0.2, 0.25) is 5.88 Å². The van der Waals surface area contributed by atoms with Crippen LogP contribution in [0.4, 0.5) is 0 Å². The Morgan fingerprint density at radius 2 is 2.35 bits per heavy atom. The molecule has 2 aromatic heterocycles. The van der Waals surface area contributed by atoms with Gasteiger partial charge in [-0.2, -0.15) is 5.10 Å². The van der Waals surface area contributed by atoms with Crippen molar-refractivity contribution in [2.75, 3.05) is 7.11 Å². The molecule has 0 radical (unpaired) electrons. The van der Waals surface area contributed by atoms with Crippen molar-refractivity contribution in [1.82, 2.24) is 9.78 Å². The van der Waals surface area contributed by atoms with E-state index in [0.29, 0.717) is 17.9 Å². The summed E-state index contributed by atoms with van der Waals surface area (Å²) in [7, 11) is 3.36. The fraction of sp³-hybridized carbons (Fsp3) is 0.417. The topological polar surface area (TPSA) is 60.4 Å². The third-order valence-electron chi connectivity index (χ3n) is 2.72. The van der Waals surface area contributed by atoms with Crippen molar-refractivity contribution >= 4 is 0 Å². The van der Waals surface area contributed by atoms with Crippen LogP contribution in [0.15, 0.2) is 22.8 Å². The fourth-order valence-corrected chi connectivity index (χ4v) is 2.00. The minimum Gasteiger partial charge on any atom is -0.481 e. The highest BCUT2D eigenvalue weighted by Crippen LogP contribution is 2.30. The summed E-state index contributed by atoms with van der Waals surface area (Å²) in [5, 5.41) is 14.4. The first-order chi connectivity index (χ1) is 8.13. The first-order valence-corrected chi connectivity index (χ1v) is 5.41. The number of rotatable bonds is 4. The molecule has 0 fully saturated rings. The third kappa shape index (κ3) is 2.19. The third-order valence-corrected chi connectivity index (χ3v) is 2.72. The van der Waals surface area contributed by atoms with Crippen LogP contribution in [0.5, 0.6) is 5.88 Å². The molecule has 2 heterocycles. The number of ether oxygens (including phenoxy) is 1.